The third-order valence-electron chi connectivity index (χ3n) is 4.45. The number of hydrogen-bond donors (Lipinski definition) is 1. The Kier molecular flexibility index (Phi) is 5.05. The Balaban J connectivity index is 1.46. The minimum Gasteiger partial charge on any atom is -0.349 e. The molecule has 126 valence electrons. The van der Waals surface area contributed by atoms with Crippen molar-refractivity contribution in [3.8, 4) is 0 Å². The summed E-state index contributed by atoms with van der Waals surface area (Å²) < 4.78 is 1.17. The van der Waals surface area contributed by atoms with Crippen molar-refractivity contribution < 1.29 is 4.79 Å². The second-order valence-corrected chi connectivity index (χ2v) is 6.13. The lowest BCUT2D eigenvalue weighted by Gasteiger charge is -2.16. The molecule has 1 fully saturated rings. The SMILES string of the molecule is Cn1nc(C(=O)NCCN2CCC(c3ccccc3)C2)ccc1=O. The molecule has 24 heavy (non-hydrogen) atoms. The number of aromatic nitrogens is 2. The van der Waals surface area contributed by atoms with Gasteiger partial charge < -0.3 is 10.2 Å². The maximum atomic E-state index is 12.1. The Hall–Kier alpha value is -2.47. The minimum atomic E-state index is -0.246. The molecule has 1 saturated heterocycles. The molecular weight excluding hydrogens is 304 g/mol. The van der Waals surface area contributed by atoms with Gasteiger partial charge in [-0.1, -0.05) is 30.3 Å². The standard InChI is InChI=1S/C18H22N4O2/c1-21-17(23)8-7-16(20-21)18(24)19-10-12-22-11-9-15(13-22)14-5-3-2-4-6-14/h2-8,15H,9-13H2,1H3,(H,19,24). The first-order valence-electron chi connectivity index (χ1n) is 8.23. The van der Waals surface area contributed by atoms with Crippen LogP contribution in [-0.4, -0.2) is 46.8 Å². The van der Waals surface area contributed by atoms with Gasteiger partial charge in [-0.15, -0.1) is 0 Å². The highest BCUT2D eigenvalue weighted by atomic mass is 16.2. The minimum absolute atomic E-state index is 0.226. The summed E-state index contributed by atoms with van der Waals surface area (Å²) in [5, 5.41) is 6.82. The number of benzene rings is 1. The quantitative estimate of drug-likeness (QED) is 0.890. The first kappa shape index (κ1) is 16.4. The van der Waals surface area contributed by atoms with E-state index in [0.717, 1.165) is 26.1 Å². The van der Waals surface area contributed by atoms with E-state index in [1.807, 2.05) is 6.07 Å². The van der Waals surface area contributed by atoms with Crippen molar-refractivity contribution in [2.75, 3.05) is 26.2 Å². The Labute approximate surface area is 141 Å². The summed E-state index contributed by atoms with van der Waals surface area (Å²) >= 11 is 0. The van der Waals surface area contributed by atoms with Crippen molar-refractivity contribution in [3.05, 3.63) is 64.1 Å². The van der Waals surface area contributed by atoms with Gasteiger partial charge in [0.15, 0.2) is 0 Å². The maximum absolute atomic E-state index is 12.1. The Morgan fingerprint density at radius 2 is 2.04 bits per heavy atom. The van der Waals surface area contributed by atoms with Crippen LogP contribution in [0.3, 0.4) is 0 Å². The van der Waals surface area contributed by atoms with E-state index in [4.69, 9.17) is 0 Å². The van der Waals surface area contributed by atoms with Crippen LogP contribution in [0.15, 0.2) is 47.3 Å². The molecule has 1 N–H and O–H groups in total. The van der Waals surface area contributed by atoms with Crippen molar-refractivity contribution in [3.63, 3.8) is 0 Å². The summed E-state index contributed by atoms with van der Waals surface area (Å²) in [6.07, 6.45) is 1.15. The second kappa shape index (κ2) is 7.40. The lowest BCUT2D eigenvalue weighted by molar-refractivity contribution is 0.0942. The summed E-state index contributed by atoms with van der Waals surface area (Å²) in [6.45, 7) is 3.47. The average Bonchev–Trinajstić information content (AvgIpc) is 3.07. The zero-order valence-corrected chi connectivity index (χ0v) is 13.8. The topological polar surface area (TPSA) is 67.2 Å². The molecule has 1 atom stereocenters. The van der Waals surface area contributed by atoms with E-state index in [2.05, 4.69) is 39.6 Å². The summed E-state index contributed by atoms with van der Waals surface area (Å²) in [5.74, 6) is 0.330. The molecule has 1 unspecified atom stereocenters. The molecule has 1 aromatic carbocycles. The van der Waals surface area contributed by atoms with Crippen LogP contribution in [0.5, 0.6) is 0 Å². The van der Waals surface area contributed by atoms with Gasteiger partial charge in [-0.2, -0.15) is 5.10 Å². The molecule has 2 aromatic rings. The fourth-order valence-electron chi connectivity index (χ4n) is 3.07. The molecule has 0 bridgehead atoms. The van der Waals surface area contributed by atoms with E-state index in [9.17, 15) is 9.59 Å². The number of nitrogens with zero attached hydrogens (tertiary/aromatic N) is 3. The van der Waals surface area contributed by atoms with Crippen molar-refractivity contribution in [1.29, 1.82) is 0 Å². The van der Waals surface area contributed by atoms with Gasteiger partial charge in [-0.25, -0.2) is 4.68 Å². The molecule has 0 aliphatic carbocycles. The molecule has 1 aliphatic heterocycles. The van der Waals surface area contributed by atoms with Crippen molar-refractivity contribution >= 4 is 5.91 Å². The highest BCUT2D eigenvalue weighted by Crippen LogP contribution is 2.26. The highest BCUT2D eigenvalue weighted by molar-refractivity contribution is 5.91. The van der Waals surface area contributed by atoms with E-state index in [1.165, 1.54) is 29.4 Å². The number of carbonyl (C=O) groups excluding carboxylic acids is 1. The van der Waals surface area contributed by atoms with E-state index in [-0.39, 0.29) is 17.2 Å². The number of carbonyl (C=O) groups is 1. The van der Waals surface area contributed by atoms with Gasteiger partial charge in [0.25, 0.3) is 11.5 Å². The zero-order chi connectivity index (χ0) is 16.9. The molecule has 3 rings (SSSR count). The van der Waals surface area contributed by atoms with Gasteiger partial charge in [-0.3, -0.25) is 9.59 Å². The third kappa shape index (κ3) is 3.89. The molecule has 1 aliphatic rings. The maximum Gasteiger partial charge on any atom is 0.271 e. The predicted molar refractivity (Wildman–Crippen MR) is 92.1 cm³/mol. The van der Waals surface area contributed by atoms with Gasteiger partial charge >= 0.3 is 0 Å². The fourth-order valence-corrected chi connectivity index (χ4v) is 3.07. The van der Waals surface area contributed by atoms with E-state index in [1.54, 1.807) is 0 Å². The lowest BCUT2D eigenvalue weighted by atomic mass is 9.99. The molecule has 2 heterocycles. The van der Waals surface area contributed by atoms with Gasteiger partial charge in [0.1, 0.15) is 5.69 Å². The van der Waals surface area contributed by atoms with Crippen LogP contribution in [0.2, 0.25) is 0 Å². The summed E-state index contributed by atoms with van der Waals surface area (Å²) in [6, 6.07) is 13.4. The number of hydrogen-bond acceptors (Lipinski definition) is 4. The molecule has 0 spiro atoms. The van der Waals surface area contributed by atoms with E-state index < -0.39 is 0 Å². The van der Waals surface area contributed by atoms with Gasteiger partial charge in [0, 0.05) is 32.7 Å². The van der Waals surface area contributed by atoms with Crippen LogP contribution >= 0.6 is 0 Å². The number of aryl methyl sites for hydroxylation is 1. The first-order valence-corrected chi connectivity index (χ1v) is 8.23. The fraction of sp³-hybridized carbons (Fsp3) is 0.389. The van der Waals surface area contributed by atoms with Crippen LogP contribution in [0, 0.1) is 0 Å². The molecule has 6 nitrogen and oxygen atoms in total. The highest BCUT2D eigenvalue weighted by Gasteiger charge is 2.23. The lowest BCUT2D eigenvalue weighted by Crippen LogP contribution is -2.35. The van der Waals surface area contributed by atoms with Gasteiger partial charge in [0.2, 0.25) is 0 Å². The van der Waals surface area contributed by atoms with Gasteiger partial charge in [-0.05, 0) is 30.5 Å². The number of amides is 1. The predicted octanol–water partition coefficient (Wildman–Crippen LogP) is 1.000. The molecule has 1 amide bonds. The zero-order valence-electron chi connectivity index (χ0n) is 13.8. The molecule has 0 saturated carbocycles. The van der Waals surface area contributed by atoms with Crippen molar-refractivity contribution in [2.45, 2.75) is 12.3 Å². The third-order valence-corrected chi connectivity index (χ3v) is 4.45. The van der Waals surface area contributed by atoms with Crippen molar-refractivity contribution in [1.82, 2.24) is 20.0 Å². The van der Waals surface area contributed by atoms with Crippen LogP contribution in [0.25, 0.3) is 0 Å². The van der Waals surface area contributed by atoms with Crippen molar-refractivity contribution in [2.24, 2.45) is 7.05 Å². The first-order chi connectivity index (χ1) is 11.6. The van der Waals surface area contributed by atoms with Crippen LogP contribution in [-0.2, 0) is 7.05 Å². The Bertz CT molecular complexity index is 757. The summed E-state index contributed by atoms with van der Waals surface area (Å²) in [4.78, 5) is 25.7. The summed E-state index contributed by atoms with van der Waals surface area (Å²) in [7, 11) is 1.53. The molecule has 1 aromatic heterocycles. The molecule has 6 heteroatoms. The smallest absolute Gasteiger partial charge is 0.271 e. The van der Waals surface area contributed by atoms with E-state index >= 15 is 0 Å². The number of nitrogens with one attached hydrogen (secondary N) is 1. The van der Waals surface area contributed by atoms with Crippen LogP contribution in [0.1, 0.15) is 28.4 Å². The Morgan fingerprint density at radius 1 is 1.25 bits per heavy atom. The van der Waals surface area contributed by atoms with Gasteiger partial charge in [0.05, 0.1) is 0 Å². The number of rotatable bonds is 5. The molecule has 0 radical (unpaired) electrons. The number of likely N-dealkylation sites (tertiary alicyclic amines) is 1. The Morgan fingerprint density at radius 3 is 2.79 bits per heavy atom. The second-order valence-electron chi connectivity index (χ2n) is 6.13. The van der Waals surface area contributed by atoms with E-state index in [0.29, 0.717) is 12.5 Å². The van der Waals surface area contributed by atoms with Crippen LogP contribution < -0.4 is 10.9 Å². The average molecular weight is 326 g/mol. The normalized spacial score (nSPS) is 17.8. The monoisotopic (exact) mass is 326 g/mol. The van der Waals surface area contributed by atoms with Crippen LogP contribution in [0.4, 0.5) is 0 Å². The largest absolute Gasteiger partial charge is 0.349 e. The summed E-state index contributed by atoms with van der Waals surface area (Å²) in [5.41, 5.74) is 1.43. The molecular formula is C18H22N4O2.